The lowest BCUT2D eigenvalue weighted by Gasteiger charge is -2.14. The summed E-state index contributed by atoms with van der Waals surface area (Å²) >= 11 is 0. The Bertz CT molecular complexity index is 995. The van der Waals surface area contributed by atoms with E-state index in [0.717, 1.165) is 11.1 Å². The number of hydrogen-bond donors (Lipinski definition) is 1. The lowest BCUT2D eigenvalue weighted by Crippen LogP contribution is -2.28. The van der Waals surface area contributed by atoms with Gasteiger partial charge in [-0.25, -0.2) is 0 Å². The first-order valence-electron chi connectivity index (χ1n) is 10.6. The highest BCUT2D eigenvalue weighted by atomic mass is 16.5. The van der Waals surface area contributed by atoms with Crippen molar-refractivity contribution in [2.75, 3.05) is 19.0 Å². The van der Waals surface area contributed by atoms with Crippen molar-refractivity contribution in [3.8, 4) is 11.5 Å². The van der Waals surface area contributed by atoms with Gasteiger partial charge in [0, 0.05) is 24.6 Å². The molecule has 0 aromatic heterocycles. The number of ether oxygens (including phenoxy) is 2. The van der Waals surface area contributed by atoms with Crippen LogP contribution in [0.2, 0.25) is 0 Å². The van der Waals surface area contributed by atoms with Crippen LogP contribution in [0.4, 0.5) is 5.69 Å². The zero-order valence-corrected chi connectivity index (χ0v) is 18.6. The second-order valence-corrected chi connectivity index (χ2v) is 8.01. The van der Waals surface area contributed by atoms with Crippen LogP contribution in [-0.4, -0.2) is 36.3 Å². The van der Waals surface area contributed by atoms with E-state index >= 15 is 0 Å². The van der Waals surface area contributed by atoms with Crippen LogP contribution in [0, 0.1) is 5.92 Å². The summed E-state index contributed by atoms with van der Waals surface area (Å²) < 4.78 is 11.1. The quantitative estimate of drug-likeness (QED) is 0.474. The number of imide groups is 1. The topological polar surface area (TPSA) is 84.9 Å². The van der Waals surface area contributed by atoms with Gasteiger partial charge in [0.15, 0.2) is 11.5 Å². The summed E-state index contributed by atoms with van der Waals surface area (Å²) in [4.78, 5) is 37.0. The van der Waals surface area contributed by atoms with E-state index in [-0.39, 0.29) is 37.1 Å². The van der Waals surface area contributed by atoms with Crippen molar-refractivity contribution < 1.29 is 23.9 Å². The second-order valence-electron chi connectivity index (χ2n) is 8.01. The highest BCUT2D eigenvalue weighted by Gasteiger charge is 2.28. The van der Waals surface area contributed by atoms with Gasteiger partial charge in [0.05, 0.1) is 20.3 Å². The molecular formula is C25H28N2O5. The van der Waals surface area contributed by atoms with Gasteiger partial charge in [-0.3, -0.25) is 19.3 Å². The normalized spacial score (nSPS) is 13.8. The lowest BCUT2D eigenvalue weighted by atomic mass is 10.1. The van der Waals surface area contributed by atoms with E-state index in [4.69, 9.17) is 9.47 Å². The van der Waals surface area contributed by atoms with Gasteiger partial charge in [0.25, 0.3) is 0 Å². The van der Waals surface area contributed by atoms with Gasteiger partial charge in [-0.1, -0.05) is 32.0 Å². The molecule has 32 heavy (non-hydrogen) atoms. The number of nitrogens with zero attached hydrogens (tertiary/aromatic N) is 1. The third-order valence-electron chi connectivity index (χ3n) is 4.90. The van der Waals surface area contributed by atoms with Crippen molar-refractivity contribution in [1.82, 2.24) is 4.90 Å². The summed E-state index contributed by atoms with van der Waals surface area (Å²) in [6.07, 6.45) is 3.69. The average Bonchev–Trinajstić information content (AvgIpc) is 3.09. The first-order chi connectivity index (χ1) is 15.4. The Balaban J connectivity index is 1.57. The summed E-state index contributed by atoms with van der Waals surface area (Å²) in [7, 11) is 1.58. The Labute approximate surface area is 188 Å². The van der Waals surface area contributed by atoms with Crippen molar-refractivity contribution in [3.05, 3.63) is 59.7 Å². The number of methoxy groups -OCH3 is 1. The summed E-state index contributed by atoms with van der Waals surface area (Å²) in [5, 5.41) is 2.79. The Morgan fingerprint density at radius 2 is 1.75 bits per heavy atom. The van der Waals surface area contributed by atoms with Crippen LogP contribution >= 0.6 is 0 Å². The summed E-state index contributed by atoms with van der Waals surface area (Å²) in [6, 6.07) is 12.6. The van der Waals surface area contributed by atoms with Gasteiger partial charge in [0.1, 0.15) is 0 Å². The third kappa shape index (κ3) is 6.20. The highest BCUT2D eigenvalue weighted by molar-refractivity contribution is 6.02. The molecule has 1 saturated heterocycles. The molecule has 0 spiro atoms. The number of benzene rings is 2. The van der Waals surface area contributed by atoms with Crippen LogP contribution in [-0.2, 0) is 20.9 Å². The molecular weight excluding hydrogens is 408 g/mol. The molecule has 3 amide bonds. The van der Waals surface area contributed by atoms with Crippen LogP contribution in [0.3, 0.4) is 0 Å². The Morgan fingerprint density at radius 1 is 1.06 bits per heavy atom. The zero-order valence-electron chi connectivity index (χ0n) is 18.6. The van der Waals surface area contributed by atoms with Gasteiger partial charge in [-0.2, -0.15) is 0 Å². The van der Waals surface area contributed by atoms with E-state index in [9.17, 15) is 14.4 Å². The molecule has 0 aliphatic carbocycles. The zero-order chi connectivity index (χ0) is 23.1. The first kappa shape index (κ1) is 23.1. The standard InChI is InChI=1S/C25H28N2O5/c1-17(2)16-32-21-10-6-18(14-22(21)31-3)7-11-23(28)26-20-8-4-19(5-9-20)15-27-24(29)12-13-25(27)30/h4-11,14,17H,12-13,15-16H2,1-3H3,(H,26,28)/b11-7+. The minimum absolute atomic E-state index is 0.145. The summed E-state index contributed by atoms with van der Waals surface area (Å²) in [5.41, 5.74) is 2.26. The smallest absolute Gasteiger partial charge is 0.248 e. The monoisotopic (exact) mass is 436 g/mol. The van der Waals surface area contributed by atoms with Crippen LogP contribution < -0.4 is 14.8 Å². The summed E-state index contributed by atoms with van der Waals surface area (Å²) in [6.45, 7) is 5.00. The van der Waals surface area contributed by atoms with Gasteiger partial charge in [-0.15, -0.1) is 0 Å². The maximum absolute atomic E-state index is 12.3. The number of nitrogens with one attached hydrogen (secondary N) is 1. The molecule has 0 unspecified atom stereocenters. The molecule has 1 aliphatic rings. The predicted molar refractivity (Wildman–Crippen MR) is 122 cm³/mol. The number of carbonyl (C=O) groups excluding carboxylic acids is 3. The van der Waals surface area contributed by atoms with Crippen molar-refractivity contribution in [2.24, 2.45) is 5.92 Å². The molecule has 2 aromatic carbocycles. The van der Waals surface area contributed by atoms with E-state index in [1.807, 2.05) is 18.2 Å². The van der Waals surface area contributed by atoms with Gasteiger partial charge in [-0.05, 0) is 47.4 Å². The molecule has 7 heteroatoms. The van der Waals surface area contributed by atoms with E-state index < -0.39 is 0 Å². The SMILES string of the molecule is COc1cc(/C=C/C(=O)Nc2ccc(CN3C(=O)CCC3=O)cc2)ccc1OCC(C)C. The fourth-order valence-corrected chi connectivity index (χ4v) is 3.19. The van der Waals surface area contributed by atoms with E-state index in [1.165, 1.54) is 11.0 Å². The number of likely N-dealkylation sites (tertiary alicyclic amines) is 1. The maximum Gasteiger partial charge on any atom is 0.248 e. The molecule has 1 N–H and O–H groups in total. The molecule has 0 saturated carbocycles. The van der Waals surface area contributed by atoms with Crippen molar-refractivity contribution in [2.45, 2.75) is 33.2 Å². The van der Waals surface area contributed by atoms with Crippen molar-refractivity contribution in [1.29, 1.82) is 0 Å². The molecule has 1 fully saturated rings. The number of amides is 3. The average molecular weight is 437 g/mol. The fourth-order valence-electron chi connectivity index (χ4n) is 3.19. The van der Waals surface area contributed by atoms with E-state index in [2.05, 4.69) is 19.2 Å². The van der Waals surface area contributed by atoms with Crippen molar-refractivity contribution >= 4 is 29.5 Å². The molecule has 0 atom stereocenters. The Kier molecular flexibility index (Phi) is 7.65. The molecule has 0 radical (unpaired) electrons. The van der Waals surface area contributed by atoms with E-state index in [1.54, 1.807) is 37.5 Å². The molecule has 0 bridgehead atoms. The largest absolute Gasteiger partial charge is 0.493 e. The number of carbonyl (C=O) groups is 3. The number of rotatable bonds is 9. The first-order valence-corrected chi connectivity index (χ1v) is 10.6. The summed E-state index contributed by atoms with van der Waals surface area (Å²) in [5.74, 6) is 1.12. The Hall–Kier alpha value is -3.61. The van der Waals surface area contributed by atoms with Gasteiger partial charge >= 0.3 is 0 Å². The Morgan fingerprint density at radius 3 is 2.38 bits per heavy atom. The number of hydrogen-bond acceptors (Lipinski definition) is 5. The minimum Gasteiger partial charge on any atom is -0.493 e. The minimum atomic E-state index is -0.276. The van der Waals surface area contributed by atoms with Gasteiger partial charge in [0.2, 0.25) is 17.7 Å². The molecule has 168 valence electrons. The van der Waals surface area contributed by atoms with Gasteiger partial charge < -0.3 is 14.8 Å². The van der Waals surface area contributed by atoms with E-state index in [0.29, 0.717) is 29.7 Å². The molecule has 1 heterocycles. The maximum atomic E-state index is 12.3. The van der Waals surface area contributed by atoms with Crippen LogP contribution in [0.15, 0.2) is 48.5 Å². The highest BCUT2D eigenvalue weighted by Crippen LogP contribution is 2.29. The van der Waals surface area contributed by atoms with Crippen molar-refractivity contribution in [3.63, 3.8) is 0 Å². The third-order valence-corrected chi connectivity index (χ3v) is 4.90. The fraction of sp³-hybridized carbons (Fsp3) is 0.320. The predicted octanol–water partition coefficient (Wildman–Crippen LogP) is 4.03. The van der Waals surface area contributed by atoms with Crippen LogP contribution in [0.25, 0.3) is 6.08 Å². The molecule has 7 nitrogen and oxygen atoms in total. The molecule has 3 rings (SSSR count). The molecule has 2 aromatic rings. The number of anilines is 1. The second kappa shape index (κ2) is 10.6. The van der Waals surface area contributed by atoms with Crippen LogP contribution in [0.1, 0.15) is 37.8 Å². The molecule has 1 aliphatic heterocycles. The van der Waals surface area contributed by atoms with Crippen LogP contribution in [0.5, 0.6) is 11.5 Å². The lowest BCUT2D eigenvalue weighted by molar-refractivity contribution is -0.139.